The smallest absolute Gasteiger partial charge is 0.211 e. The first kappa shape index (κ1) is 24.3. The quantitative estimate of drug-likeness (QED) is 0.406. The van der Waals surface area contributed by atoms with Crippen LogP contribution in [0.4, 0.5) is 0 Å². The van der Waals surface area contributed by atoms with Crippen molar-refractivity contribution in [3.05, 3.63) is 53.2 Å². The molecule has 2 heterocycles. The van der Waals surface area contributed by atoms with E-state index in [2.05, 4.69) is 6.07 Å². The largest absolute Gasteiger partial charge is 0.490 e. The topological polar surface area (TPSA) is 84.6 Å². The number of alkyl halides is 1. The number of rotatable bonds is 7. The van der Waals surface area contributed by atoms with Crippen molar-refractivity contribution in [2.24, 2.45) is 11.8 Å². The van der Waals surface area contributed by atoms with Gasteiger partial charge in [0.15, 0.2) is 5.75 Å². The van der Waals surface area contributed by atoms with Crippen LogP contribution < -0.4 is 9.47 Å². The average molecular weight is 534 g/mol. The Balaban J connectivity index is 1.33. The Kier molecular flexibility index (Phi) is 6.62. The molecule has 0 spiro atoms. The molecule has 0 radical (unpaired) electrons. The molecule has 1 saturated heterocycles. The Labute approximate surface area is 214 Å². The van der Waals surface area contributed by atoms with Gasteiger partial charge in [0.1, 0.15) is 18.4 Å². The fourth-order valence-electron chi connectivity index (χ4n) is 5.27. The summed E-state index contributed by atoms with van der Waals surface area (Å²) in [5.74, 6) is 2.15. The van der Waals surface area contributed by atoms with Crippen molar-refractivity contribution in [2.75, 3.05) is 31.8 Å². The number of hydrogen-bond acceptors (Lipinski definition) is 5. The molecule has 0 N–H and O–H groups in total. The average Bonchev–Trinajstić information content (AvgIpc) is 3.50. The van der Waals surface area contributed by atoms with Crippen molar-refractivity contribution < 1.29 is 17.9 Å². The van der Waals surface area contributed by atoms with E-state index in [1.165, 1.54) is 6.26 Å². The van der Waals surface area contributed by atoms with E-state index in [0.717, 1.165) is 35.2 Å². The summed E-state index contributed by atoms with van der Waals surface area (Å²) in [5, 5.41) is 10.9. The van der Waals surface area contributed by atoms with Gasteiger partial charge in [0.25, 0.3) is 0 Å². The molecule has 1 aliphatic heterocycles. The summed E-state index contributed by atoms with van der Waals surface area (Å²) in [6.45, 7) is 1.45. The van der Waals surface area contributed by atoms with E-state index in [9.17, 15) is 13.7 Å². The van der Waals surface area contributed by atoms with E-state index in [0.29, 0.717) is 47.1 Å². The maximum Gasteiger partial charge on any atom is 0.211 e. The van der Waals surface area contributed by atoms with Crippen LogP contribution >= 0.6 is 23.2 Å². The molecular formula is C25H25Cl2N3O4S. The summed E-state index contributed by atoms with van der Waals surface area (Å²) in [5.41, 5.74) is 2.06. The minimum atomic E-state index is -3.13. The van der Waals surface area contributed by atoms with Crippen molar-refractivity contribution in [1.29, 1.82) is 5.26 Å². The van der Waals surface area contributed by atoms with Crippen LogP contribution in [0.1, 0.15) is 18.4 Å². The highest BCUT2D eigenvalue weighted by atomic mass is 35.5. The van der Waals surface area contributed by atoms with E-state index in [1.807, 2.05) is 35.0 Å². The van der Waals surface area contributed by atoms with Crippen molar-refractivity contribution in [3.8, 4) is 23.3 Å². The van der Waals surface area contributed by atoms with Crippen molar-refractivity contribution >= 4 is 44.1 Å². The zero-order chi connectivity index (χ0) is 24.7. The third kappa shape index (κ3) is 4.83. The summed E-state index contributed by atoms with van der Waals surface area (Å²) in [6, 6.07) is 13.6. The van der Waals surface area contributed by atoms with Crippen molar-refractivity contribution in [1.82, 2.24) is 8.87 Å². The fourth-order valence-corrected chi connectivity index (χ4v) is 6.54. The number of hydrogen-bond donors (Lipinski definition) is 0. The zero-order valence-electron chi connectivity index (χ0n) is 19.2. The molecule has 0 bridgehead atoms. The van der Waals surface area contributed by atoms with E-state index in [1.54, 1.807) is 16.4 Å². The fraction of sp³-hybridized carbons (Fsp3) is 0.400. The van der Waals surface area contributed by atoms with Gasteiger partial charge in [-0.25, -0.2) is 12.7 Å². The van der Waals surface area contributed by atoms with Gasteiger partial charge in [-0.3, -0.25) is 0 Å². The van der Waals surface area contributed by atoms with E-state index in [4.69, 9.17) is 32.7 Å². The Morgan fingerprint density at radius 2 is 1.89 bits per heavy atom. The van der Waals surface area contributed by atoms with E-state index >= 15 is 0 Å². The summed E-state index contributed by atoms with van der Waals surface area (Å²) in [7, 11) is -3.13. The normalized spacial score (nSPS) is 22.3. The molecular weight excluding hydrogens is 509 g/mol. The van der Waals surface area contributed by atoms with Crippen LogP contribution in [-0.2, 0) is 10.0 Å². The summed E-state index contributed by atoms with van der Waals surface area (Å²) in [6.07, 6.45) is 5.03. The lowest BCUT2D eigenvalue weighted by Gasteiger charge is -2.18. The third-order valence-electron chi connectivity index (χ3n) is 6.86. The molecule has 7 nitrogen and oxygen atoms in total. The number of nitriles is 1. The zero-order valence-corrected chi connectivity index (χ0v) is 21.5. The highest BCUT2D eigenvalue weighted by molar-refractivity contribution is 7.88. The highest BCUT2D eigenvalue weighted by Gasteiger charge is 2.44. The number of ether oxygens (including phenoxy) is 2. The predicted molar refractivity (Wildman–Crippen MR) is 136 cm³/mol. The first-order valence-electron chi connectivity index (χ1n) is 11.4. The molecule has 2 aromatic carbocycles. The monoisotopic (exact) mass is 533 g/mol. The number of nitrogens with zero attached hydrogens (tertiary/aromatic N) is 3. The van der Waals surface area contributed by atoms with Crippen molar-refractivity contribution in [3.63, 3.8) is 0 Å². The van der Waals surface area contributed by atoms with Gasteiger partial charge in [-0.1, -0.05) is 11.6 Å². The van der Waals surface area contributed by atoms with Crippen LogP contribution in [-0.4, -0.2) is 55.2 Å². The molecule has 1 saturated carbocycles. The maximum absolute atomic E-state index is 11.8. The molecule has 2 aliphatic rings. The van der Waals surface area contributed by atoms with Crippen LogP contribution in [0, 0.1) is 23.2 Å². The first-order chi connectivity index (χ1) is 16.8. The minimum absolute atomic E-state index is 0.0868. The molecule has 2 fully saturated rings. The van der Waals surface area contributed by atoms with Crippen molar-refractivity contribution in [2.45, 2.75) is 18.9 Å². The van der Waals surface area contributed by atoms with Crippen LogP contribution in [0.15, 0.2) is 42.6 Å². The van der Waals surface area contributed by atoms with Crippen LogP contribution in [0.3, 0.4) is 0 Å². The molecule has 0 unspecified atom stereocenters. The third-order valence-corrected chi connectivity index (χ3v) is 8.53. The molecule has 10 heteroatoms. The van der Waals surface area contributed by atoms with Gasteiger partial charge in [-0.05, 0) is 61.1 Å². The second kappa shape index (κ2) is 9.55. The lowest BCUT2D eigenvalue weighted by atomic mass is 10.0. The molecule has 3 atom stereocenters. The second-order valence-electron chi connectivity index (χ2n) is 9.17. The molecule has 35 heavy (non-hydrogen) atoms. The Morgan fingerprint density at radius 3 is 2.54 bits per heavy atom. The predicted octanol–water partition coefficient (Wildman–Crippen LogP) is 4.82. The standard InChI is InChI=1S/C25H25Cl2N3O4S/c1-35(31,32)29-14-18-10-22(11-19(18)15-29)34-21-2-3-24-16(9-21)4-6-30(24)20-8-17(13-28)25(23(27)12-20)33-7-5-26/h2-4,6,8-9,12,18-19,22H,5,7,10-11,14-15H2,1H3/t18-,19+,22-. The van der Waals surface area contributed by atoms with Gasteiger partial charge < -0.3 is 14.0 Å². The van der Waals surface area contributed by atoms with Crippen LogP contribution in [0.5, 0.6) is 11.5 Å². The SMILES string of the molecule is CS(=O)(=O)N1C[C@H]2C[C@@H](Oc3ccc4c(ccn4-c4cc(Cl)c(OCCCl)c(C#N)c4)c3)C[C@H]2C1. The van der Waals surface area contributed by atoms with Gasteiger partial charge >= 0.3 is 0 Å². The maximum atomic E-state index is 11.8. The molecule has 5 rings (SSSR count). The van der Waals surface area contributed by atoms with Crippen LogP contribution in [0.25, 0.3) is 16.6 Å². The van der Waals surface area contributed by atoms with E-state index < -0.39 is 10.0 Å². The molecule has 3 aromatic rings. The lowest BCUT2D eigenvalue weighted by Crippen LogP contribution is -2.29. The van der Waals surface area contributed by atoms with Gasteiger partial charge in [0.05, 0.1) is 34.3 Å². The van der Waals surface area contributed by atoms with Gasteiger partial charge in [0, 0.05) is 30.4 Å². The number of benzene rings is 2. The Bertz CT molecular complexity index is 1400. The minimum Gasteiger partial charge on any atom is -0.490 e. The number of sulfonamides is 1. The summed E-state index contributed by atoms with van der Waals surface area (Å²) in [4.78, 5) is 0. The molecule has 1 aromatic heterocycles. The van der Waals surface area contributed by atoms with Gasteiger partial charge in [0.2, 0.25) is 10.0 Å². The van der Waals surface area contributed by atoms with Gasteiger partial charge in [-0.15, -0.1) is 11.6 Å². The van der Waals surface area contributed by atoms with Gasteiger partial charge in [-0.2, -0.15) is 5.26 Å². The molecule has 0 amide bonds. The summed E-state index contributed by atoms with van der Waals surface area (Å²) < 4.78 is 39.1. The summed E-state index contributed by atoms with van der Waals surface area (Å²) >= 11 is 12.1. The van der Waals surface area contributed by atoms with Crippen LogP contribution in [0.2, 0.25) is 5.02 Å². The Morgan fingerprint density at radius 1 is 1.14 bits per heavy atom. The number of fused-ring (bicyclic) bond motifs is 2. The lowest BCUT2D eigenvalue weighted by molar-refractivity contribution is 0.195. The highest BCUT2D eigenvalue weighted by Crippen LogP contribution is 2.41. The van der Waals surface area contributed by atoms with E-state index in [-0.39, 0.29) is 12.7 Å². The number of halogens is 2. The molecule has 1 aliphatic carbocycles. The second-order valence-corrected chi connectivity index (χ2v) is 11.9. The Hall–Kier alpha value is -2.44. The molecule has 184 valence electrons. The number of aromatic nitrogens is 1. The first-order valence-corrected chi connectivity index (χ1v) is 14.2.